The number of amidine groups is 1. The van der Waals surface area contributed by atoms with Gasteiger partial charge in [0.1, 0.15) is 11.7 Å². The van der Waals surface area contributed by atoms with Crippen LogP contribution >= 0.6 is 0 Å². The summed E-state index contributed by atoms with van der Waals surface area (Å²) in [7, 11) is 0. The van der Waals surface area contributed by atoms with E-state index in [9.17, 15) is 15.2 Å². The van der Waals surface area contributed by atoms with Gasteiger partial charge in [-0.3, -0.25) is 9.69 Å². The molecule has 34 heavy (non-hydrogen) atoms. The zero-order valence-electron chi connectivity index (χ0n) is 20.4. The molecule has 5 aliphatic rings. The molecule has 4 saturated carbocycles. The number of rotatable bonds is 5. The average Bonchev–Trinajstić information content (AvgIpc) is 2.80. The van der Waals surface area contributed by atoms with Crippen LogP contribution in [0.5, 0.6) is 0 Å². The van der Waals surface area contributed by atoms with Gasteiger partial charge in [0.25, 0.3) is 0 Å². The van der Waals surface area contributed by atoms with E-state index >= 15 is 0 Å². The zero-order valence-corrected chi connectivity index (χ0v) is 20.4. The van der Waals surface area contributed by atoms with Gasteiger partial charge < -0.3 is 15.3 Å². The third kappa shape index (κ3) is 3.84. The lowest BCUT2D eigenvalue weighted by atomic mass is 9.48. The van der Waals surface area contributed by atoms with Crippen molar-refractivity contribution in [1.29, 1.82) is 5.26 Å². The van der Waals surface area contributed by atoms with Crippen molar-refractivity contribution in [2.24, 2.45) is 28.2 Å². The Kier molecular flexibility index (Phi) is 5.79. The Labute approximate surface area is 202 Å². The molecular formula is C26H36N6O2. The van der Waals surface area contributed by atoms with E-state index in [0.717, 1.165) is 63.4 Å². The van der Waals surface area contributed by atoms with Gasteiger partial charge in [-0.2, -0.15) is 10.3 Å². The van der Waals surface area contributed by atoms with E-state index < -0.39 is 16.9 Å². The largest absolute Gasteiger partial charge is 0.481 e. The van der Waals surface area contributed by atoms with Crippen molar-refractivity contribution in [3.05, 3.63) is 24.4 Å². The highest BCUT2D eigenvalue weighted by Gasteiger charge is 2.59. The molecule has 4 bridgehead atoms. The normalized spacial score (nSPS) is 35.8. The lowest BCUT2D eigenvalue weighted by Gasteiger charge is -2.59. The predicted octanol–water partition coefficient (Wildman–Crippen LogP) is 3.12. The molecule has 0 radical (unpaired) electrons. The van der Waals surface area contributed by atoms with Gasteiger partial charge in [0, 0.05) is 37.9 Å². The minimum atomic E-state index is -0.615. The summed E-state index contributed by atoms with van der Waals surface area (Å²) in [4.78, 5) is 25.7. The number of anilines is 1. The molecule has 8 nitrogen and oxygen atoms in total. The molecule has 182 valence electrons. The minimum Gasteiger partial charge on any atom is -0.481 e. The molecule has 0 aromatic carbocycles. The first-order valence-electron chi connectivity index (χ1n) is 12.6. The molecule has 1 aromatic heterocycles. The molecule has 8 heteroatoms. The maximum absolute atomic E-state index is 12.1. The van der Waals surface area contributed by atoms with Gasteiger partial charge in [-0.15, -0.1) is 0 Å². The summed E-state index contributed by atoms with van der Waals surface area (Å²) in [5, 5.41) is 23.2. The highest BCUT2D eigenvalue weighted by Crippen LogP contribution is 2.60. The molecule has 3 atom stereocenters. The molecule has 2 N–H and O–H groups in total. The molecule has 6 rings (SSSR count). The first-order valence-corrected chi connectivity index (χ1v) is 12.6. The van der Waals surface area contributed by atoms with Crippen LogP contribution in [0.3, 0.4) is 0 Å². The number of carbonyl (C=O) groups is 1. The van der Waals surface area contributed by atoms with Gasteiger partial charge in [-0.25, -0.2) is 4.98 Å². The predicted molar refractivity (Wildman–Crippen MR) is 130 cm³/mol. The molecular weight excluding hydrogens is 428 g/mol. The molecule has 4 aliphatic carbocycles. The molecule has 1 saturated heterocycles. The molecule has 3 unspecified atom stereocenters. The fourth-order valence-corrected chi connectivity index (χ4v) is 7.75. The van der Waals surface area contributed by atoms with Crippen LogP contribution in [0.25, 0.3) is 0 Å². The lowest BCUT2D eigenvalue weighted by Crippen LogP contribution is -2.67. The lowest BCUT2D eigenvalue weighted by molar-refractivity contribution is -0.166. The van der Waals surface area contributed by atoms with E-state index in [-0.39, 0.29) is 12.1 Å². The first-order chi connectivity index (χ1) is 16.2. The van der Waals surface area contributed by atoms with Gasteiger partial charge >= 0.3 is 5.97 Å². The molecule has 1 aromatic rings. The van der Waals surface area contributed by atoms with Crippen LogP contribution in [-0.4, -0.2) is 64.1 Å². The fraction of sp³-hybridized carbons (Fsp3) is 0.692. The molecule has 5 fully saturated rings. The van der Waals surface area contributed by atoms with Gasteiger partial charge in [0.05, 0.1) is 11.0 Å². The van der Waals surface area contributed by atoms with Crippen molar-refractivity contribution < 1.29 is 9.90 Å². The maximum atomic E-state index is 12.1. The fourth-order valence-electron chi connectivity index (χ4n) is 7.75. The second kappa shape index (κ2) is 8.53. The second-order valence-corrected chi connectivity index (χ2v) is 11.5. The summed E-state index contributed by atoms with van der Waals surface area (Å²) in [5.74, 6) is 2.29. The number of piperazine rings is 1. The van der Waals surface area contributed by atoms with E-state index in [1.165, 1.54) is 0 Å². The van der Waals surface area contributed by atoms with E-state index in [4.69, 9.17) is 0 Å². The van der Waals surface area contributed by atoms with Gasteiger partial charge in [0.2, 0.25) is 6.19 Å². The molecule has 0 amide bonds. The third-order valence-electron chi connectivity index (χ3n) is 9.09. The van der Waals surface area contributed by atoms with Crippen molar-refractivity contribution in [3.63, 3.8) is 0 Å². The van der Waals surface area contributed by atoms with Crippen molar-refractivity contribution in [2.75, 3.05) is 24.5 Å². The second-order valence-electron chi connectivity index (χ2n) is 11.5. The number of nitriles is 1. The summed E-state index contributed by atoms with van der Waals surface area (Å²) >= 11 is 0. The molecule has 1 aliphatic heterocycles. The highest BCUT2D eigenvalue weighted by molar-refractivity contribution is 5.92. The van der Waals surface area contributed by atoms with Crippen LogP contribution in [0.15, 0.2) is 29.4 Å². The SMILES string of the molecule is CC1CN(c2ccccn2)CCN1C(C)(C)/C(=N\C#N)NC1C2CC3CC1CC(C(=O)O)(C3)C2. The Balaban J connectivity index is 1.32. The van der Waals surface area contributed by atoms with Crippen molar-refractivity contribution in [2.45, 2.75) is 70.5 Å². The van der Waals surface area contributed by atoms with Gasteiger partial charge in [-0.1, -0.05) is 6.07 Å². The van der Waals surface area contributed by atoms with Crippen LogP contribution in [-0.2, 0) is 4.79 Å². The van der Waals surface area contributed by atoms with Crippen LogP contribution in [0, 0.1) is 34.6 Å². The summed E-state index contributed by atoms with van der Waals surface area (Å²) in [6.45, 7) is 9.09. The number of nitrogens with one attached hydrogen (secondary N) is 1. The number of carboxylic acid groups (broad SMARTS) is 1. The number of aliphatic imine (C=N–C) groups is 1. The number of pyridine rings is 1. The molecule has 0 spiro atoms. The van der Waals surface area contributed by atoms with Crippen LogP contribution in [0.2, 0.25) is 0 Å². The van der Waals surface area contributed by atoms with E-state index in [0.29, 0.717) is 17.8 Å². The average molecular weight is 465 g/mol. The van der Waals surface area contributed by atoms with E-state index in [1.54, 1.807) is 0 Å². The van der Waals surface area contributed by atoms with Crippen molar-refractivity contribution in [1.82, 2.24) is 15.2 Å². The Morgan fingerprint density at radius 2 is 2.00 bits per heavy atom. The Bertz CT molecular complexity index is 986. The van der Waals surface area contributed by atoms with E-state index in [1.807, 2.05) is 30.6 Å². The van der Waals surface area contributed by atoms with Crippen LogP contribution < -0.4 is 10.2 Å². The Hall–Kier alpha value is -2.66. The number of aliphatic carboxylic acids is 1. The third-order valence-corrected chi connectivity index (χ3v) is 9.09. The van der Waals surface area contributed by atoms with Crippen molar-refractivity contribution >= 4 is 17.6 Å². The number of hydrogen-bond acceptors (Lipinski definition) is 6. The number of hydrogen-bond donors (Lipinski definition) is 2. The smallest absolute Gasteiger partial charge is 0.309 e. The first kappa shape index (κ1) is 23.1. The monoisotopic (exact) mass is 464 g/mol. The quantitative estimate of drug-likeness (QED) is 0.392. The van der Waals surface area contributed by atoms with Gasteiger partial charge in [-0.05, 0) is 82.8 Å². The van der Waals surface area contributed by atoms with Gasteiger partial charge in [0.15, 0.2) is 0 Å². The minimum absolute atomic E-state index is 0.195. The zero-order chi connectivity index (χ0) is 24.1. The number of carboxylic acids is 1. The summed E-state index contributed by atoms with van der Waals surface area (Å²) in [6, 6.07) is 6.45. The standard InChI is InChI=1S/C26H36N6O2/c1-17-15-31(21-6-4-5-7-28-21)8-9-32(17)25(2,3)23(29-16-27)30-22-19-10-18-11-20(22)14-26(12-18,13-19)24(33)34/h4-7,17-20,22H,8-15H2,1-3H3,(H,29,30)(H,33,34). The molecule has 2 heterocycles. The van der Waals surface area contributed by atoms with Crippen molar-refractivity contribution in [3.8, 4) is 6.19 Å². The highest BCUT2D eigenvalue weighted by atomic mass is 16.4. The topological polar surface area (TPSA) is 105 Å². The van der Waals surface area contributed by atoms with E-state index in [2.05, 4.69) is 45.9 Å². The Morgan fingerprint density at radius 1 is 1.26 bits per heavy atom. The summed E-state index contributed by atoms with van der Waals surface area (Å²) in [6.07, 6.45) is 8.37. The number of nitrogens with zero attached hydrogens (tertiary/aromatic N) is 5. The van der Waals surface area contributed by atoms with Crippen LogP contribution in [0.4, 0.5) is 5.82 Å². The maximum Gasteiger partial charge on any atom is 0.309 e. The number of aromatic nitrogens is 1. The summed E-state index contributed by atoms with van der Waals surface area (Å²) < 4.78 is 0. The van der Waals surface area contributed by atoms with Crippen LogP contribution in [0.1, 0.15) is 52.9 Å². The Morgan fingerprint density at radius 3 is 2.59 bits per heavy atom. The summed E-state index contributed by atoms with van der Waals surface area (Å²) in [5.41, 5.74) is -0.975.